The second kappa shape index (κ2) is 9.07. The smallest absolute Gasteiger partial charge is 0.275 e. The molecule has 5 N–H and O–H groups in total. The van der Waals surface area contributed by atoms with E-state index in [1.807, 2.05) is 30.1 Å². The van der Waals surface area contributed by atoms with Gasteiger partial charge in [0.1, 0.15) is 11.5 Å². The first-order valence-corrected chi connectivity index (χ1v) is 11.5. The van der Waals surface area contributed by atoms with Gasteiger partial charge in [0.05, 0.1) is 17.4 Å². The highest BCUT2D eigenvalue weighted by Gasteiger charge is 2.26. The van der Waals surface area contributed by atoms with Gasteiger partial charge in [-0.1, -0.05) is 6.92 Å². The van der Waals surface area contributed by atoms with Gasteiger partial charge in [-0.25, -0.2) is 4.98 Å². The SMILES string of the molecule is CCc1cc(N)cc(NC(=O)c2cscn2)c1-c1cnn(C)c1N1CCC(CN)CC1. The van der Waals surface area contributed by atoms with Gasteiger partial charge in [0.15, 0.2) is 0 Å². The van der Waals surface area contributed by atoms with Crippen molar-refractivity contribution in [1.82, 2.24) is 14.8 Å². The monoisotopic (exact) mass is 439 g/mol. The average Bonchev–Trinajstić information content (AvgIpc) is 3.43. The summed E-state index contributed by atoms with van der Waals surface area (Å²) in [6, 6.07) is 3.79. The second-order valence-corrected chi connectivity index (χ2v) is 8.67. The van der Waals surface area contributed by atoms with E-state index in [2.05, 4.69) is 27.2 Å². The lowest BCUT2D eigenvalue weighted by atomic mass is 9.94. The van der Waals surface area contributed by atoms with E-state index >= 15 is 0 Å². The van der Waals surface area contributed by atoms with Gasteiger partial charge in [-0.15, -0.1) is 11.3 Å². The van der Waals surface area contributed by atoms with Crippen LogP contribution in [0.2, 0.25) is 0 Å². The number of nitrogens with zero attached hydrogens (tertiary/aromatic N) is 4. The average molecular weight is 440 g/mol. The number of carbonyl (C=O) groups excluding carboxylic acids is 1. The van der Waals surface area contributed by atoms with Crippen molar-refractivity contribution in [1.29, 1.82) is 0 Å². The molecule has 31 heavy (non-hydrogen) atoms. The molecule has 1 fully saturated rings. The zero-order chi connectivity index (χ0) is 22.0. The highest BCUT2D eigenvalue weighted by atomic mass is 32.1. The predicted molar refractivity (Wildman–Crippen MR) is 126 cm³/mol. The molecule has 3 aromatic rings. The third-order valence-electron chi connectivity index (χ3n) is 5.96. The summed E-state index contributed by atoms with van der Waals surface area (Å²) in [7, 11) is 1.96. The molecule has 0 bridgehead atoms. The lowest BCUT2D eigenvalue weighted by Crippen LogP contribution is -2.37. The Kier molecular flexibility index (Phi) is 6.24. The molecule has 3 heterocycles. The van der Waals surface area contributed by atoms with E-state index in [0.29, 0.717) is 23.0 Å². The number of aryl methyl sites for hydroxylation is 2. The van der Waals surface area contributed by atoms with Crippen LogP contribution in [-0.2, 0) is 13.5 Å². The number of thiazole rings is 1. The fraction of sp³-hybridized carbons (Fsp3) is 0.409. The van der Waals surface area contributed by atoms with Crippen LogP contribution >= 0.6 is 11.3 Å². The zero-order valence-corrected chi connectivity index (χ0v) is 18.8. The van der Waals surface area contributed by atoms with Crippen LogP contribution in [0.25, 0.3) is 11.1 Å². The molecule has 8 nitrogen and oxygen atoms in total. The molecule has 0 aliphatic carbocycles. The van der Waals surface area contributed by atoms with Crippen molar-refractivity contribution < 1.29 is 4.79 Å². The second-order valence-electron chi connectivity index (χ2n) is 7.96. The molecule has 1 saturated heterocycles. The van der Waals surface area contributed by atoms with Gasteiger partial charge in [0, 0.05) is 42.3 Å². The number of nitrogens with two attached hydrogens (primary N) is 2. The van der Waals surface area contributed by atoms with Crippen LogP contribution in [0.4, 0.5) is 17.2 Å². The first-order valence-electron chi connectivity index (χ1n) is 10.6. The summed E-state index contributed by atoms with van der Waals surface area (Å²) in [6.07, 6.45) is 4.80. The van der Waals surface area contributed by atoms with Crippen molar-refractivity contribution in [3.63, 3.8) is 0 Å². The van der Waals surface area contributed by atoms with Gasteiger partial charge in [-0.2, -0.15) is 5.10 Å². The normalized spacial score (nSPS) is 14.7. The van der Waals surface area contributed by atoms with Crippen LogP contribution < -0.4 is 21.7 Å². The number of hydrogen-bond acceptors (Lipinski definition) is 7. The van der Waals surface area contributed by atoms with E-state index in [0.717, 1.165) is 61.4 Å². The maximum atomic E-state index is 12.8. The van der Waals surface area contributed by atoms with Crippen LogP contribution in [0.5, 0.6) is 0 Å². The lowest BCUT2D eigenvalue weighted by Gasteiger charge is -2.34. The number of carbonyl (C=O) groups is 1. The minimum atomic E-state index is -0.246. The summed E-state index contributed by atoms with van der Waals surface area (Å²) in [5.41, 5.74) is 18.4. The van der Waals surface area contributed by atoms with Crippen molar-refractivity contribution in [3.8, 4) is 11.1 Å². The Labute approximate surface area is 186 Å². The molecule has 1 aromatic carbocycles. The Bertz CT molecular complexity index is 1050. The van der Waals surface area contributed by atoms with Crippen LogP contribution in [0.3, 0.4) is 0 Å². The molecule has 0 saturated carbocycles. The molecule has 9 heteroatoms. The van der Waals surface area contributed by atoms with Crippen molar-refractivity contribution >= 4 is 34.4 Å². The summed E-state index contributed by atoms with van der Waals surface area (Å²) in [5, 5.41) is 9.34. The third kappa shape index (κ3) is 4.28. The van der Waals surface area contributed by atoms with Gasteiger partial charge in [0.25, 0.3) is 5.91 Å². The Hall–Kier alpha value is -2.91. The van der Waals surface area contributed by atoms with Crippen molar-refractivity contribution in [2.45, 2.75) is 26.2 Å². The molecule has 4 rings (SSSR count). The van der Waals surface area contributed by atoms with E-state index in [1.54, 1.807) is 10.9 Å². The Balaban J connectivity index is 1.77. The first kappa shape index (κ1) is 21.3. The molecule has 0 unspecified atom stereocenters. The number of nitrogens with one attached hydrogen (secondary N) is 1. The van der Waals surface area contributed by atoms with Crippen molar-refractivity contribution in [2.24, 2.45) is 18.7 Å². The summed E-state index contributed by atoms with van der Waals surface area (Å²) in [6.45, 7) is 4.70. The molecule has 1 aliphatic rings. The molecule has 0 radical (unpaired) electrons. The van der Waals surface area contributed by atoms with E-state index in [9.17, 15) is 4.79 Å². The zero-order valence-electron chi connectivity index (χ0n) is 18.0. The van der Waals surface area contributed by atoms with Gasteiger partial charge >= 0.3 is 0 Å². The van der Waals surface area contributed by atoms with Crippen LogP contribution in [0.15, 0.2) is 29.2 Å². The number of piperidine rings is 1. The fourth-order valence-corrected chi connectivity index (χ4v) is 4.83. The molecular weight excluding hydrogens is 410 g/mol. The third-order valence-corrected chi connectivity index (χ3v) is 6.55. The van der Waals surface area contributed by atoms with Crippen LogP contribution in [-0.4, -0.2) is 40.3 Å². The topological polar surface area (TPSA) is 115 Å². The number of hydrogen-bond donors (Lipinski definition) is 3. The Morgan fingerprint density at radius 2 is 2.10 bits per heavy atom. The maximum absolute atomic E-state index is 12.8. The van der Waals surface area contributed by atoms with E-state index in [-0.39, 0.29) is 5.91 Å². The Morgan fingerprint density at radius 3 is 2.74 bits per heavy atom. The maximum Gasteiger partial charge on any atom is 0.275 e. The number of rotatable bonds is 6. The van der Waals surface area contributed by atoms with Gasteiger partial charge in [-0.05, 0) is 49.4 Å². The molecule has 0 spiro atoms. The van der Waals surface area contributed by atoms with E-state index in [1.165, 1.54) is 11.3 Å². The van der Waals surface area contributed by atoms with Gasteiger partial charge in [0.2, 0.25) is 0 Å². The predicted octanol–water partition coefficient (Wildman–Crippen LogP) is 3.12. The molecule has 1 aliphatic heterocycles. The number of aromatic nitrogens is 3. The van der Waals surface area contributed by atoms with Crippen molar-refractivity contribution in [2.75, 3.05) is 35.6 Å². The lowest BCUT2D eigenvalue weighted by molar-refractivity contribution is 0.102. The number of anilines is 3. The van der Waals surface area contributed by atoms with Gasteiger partial charge in [-0.3, -0.25) is 9.48 Å². The molecular formula is C22H29N7OS. The molecule has 1 amide bonds. The van der Waals surface area contributed by atoms with Crippen molar-refractivity contribution in [3.05, 3.63) is 40.5 Å². The fourth-order valence-electron chi connectivity index (χ4n) is 4.30. The first-order chi connectivity index (χ1) is 15.0. The summed E-state index contributed by atoms with van der Waals surface area (Å²) in [5.74, 6) is 1.38. The van der Waals surface area contributed by atoms with Crippen LogP contribution in [0.1, 0.15) is 35.8 Å². The number of benzene rings is 1. The largest absolute Gasteiger partial charge is 0.399 e. The standard InChI is InChI=1S/C22H29N7OS/c1-3-15-8-16(24)9-18(27-21(30)19-12-31-13-25-19)20(15)17-11-26-28(2)22(17)29-6-4-14(10-23)5-7-29/h8-9,11-14H,3-7,10,23-24H2,1-2H3,(H,27,30). The molecule has 164 valence electrons. The summed E-state index contributed by atoms with van der Waals surface area (Å²) < 4.78 is 1.92. The van der Waals surface area contributed by atoms with E-state index in [4.69, 9.17) is 11.5 Å². The minimum absolute atomic E-state index is 0.246. The van der Waals surface area contributed by atoms with Gasteiger partial charge < -0.3 is 21.7 Å². The van der Waals surface area contributed by atoms with E-state index < -0.39 is 0 Å². The Morgan fingerprint density at radius 1 is 1.32 bits per heavy atom. The summed E-state index contributed by atoms with van der Waals surface area (Å²) in [4.78, 5) is 19.3. The highest BCUT2D eigenvalue weighted by Crippen LogP contribution is 2.40. The quantitative estimate of drug-likeness (QED) is 0.508. The number of nitrogen functional groups attached to an aromatic ring is 1. The number of amides is 1. The minimum Gasteiger partial charge on any atom is -0.399 e. The molecule has 2 aromatic heterocycles. The van der Waals surface area contributed by atoms with Crippen LogP contribution in [0, 0.1) is 5.92 Å². The molecule has 0 atom stereocenters. The highest BCUT2D eigenvalue weighted by molar-refractivity contribution is 7.07. The summed E-state index contributed by atoms with van der Waals surface area (Å²) >= 11 is 1.39.